The highest BCUT2D eigenvalue weighted by Gasteiger charge is 2.17. The lowest BCUT2D eigenvalue weighted by atomic mass is 10.2. The molecular formula is C16H11F3N4O4. The fourth-order valence-electron chi connectivity index (χ4n) is 2.30. The highest BCUT2D eigenvalue weighted by Crippen LogP contribution is 2.21. The predicted octanol–water partition coefficient (Wildman–Crippen LogP) is 2.10. The number of aromatic nitrogens is 3. The molecule has 0 fully saturated rings. The fraction of sp³-hybridized carbons (Fsp3) is 0.125. The minimum Gasteiger partial charge on any atom is -0.477 e. The molecule has 3 aromatic rings. The first-order valence-corrected chi connectivity index (χ1v) is 7.44. The number of hydrogen-bond donors (Lipinski definition) is 2. The summed E-state index contributed by atoms with van der Waals surface area (Å²) in [6.07, 6.45) is 1.33. The first-order valence-electron chi connectivity index (χ1n) is 7.44. The van der Waals surface area contributed by atoms with Crippen molar-refractivity contribution in [3.63, 3.8) is 0 Å². The molecule has 0 atom stereocenters. The number of nitrogens with zero attached hydrogens (tertiary/aromatic N) is 3. The number of carboxylic acid groups (broad SMARTS) is 1. The van der Waals surface area contributed by atoms with Crippen molar-refractivity contribution in [2.24, 2.45) is 0 Å². The highest BCUT2D eigenvalue weighted by atomic mass is 19.3. The predicted molar refractivity (Wildman–Crippen MR) is 84.1 cm³/mol. The summed E-state index contributed by atoms with van der Waals surface area (Å²) in [5.74, 6) is -3.62. The summed E-state index contributed by atoms with van der Waals surface area (Å²) in [5, 5.41) is 15.5. The highest BCUT2D eigenvalue weighted by molar-refractivity contribution is 5.95. The molecule has 11 heteroatoms. The smallest absolute Gasteiger partial charge is 0.387 e. The Balaban J connectivity index is 1.78. The van der Waals surface area contributed by atoms with Gasteiger partial charge in [0, 0.05) is 18.7 Å². The molecule has 2 N–H and O–H groups in total. The summed E-state index contributed by atoms with van der Waals surface area (Å²) < 4.78 is 43.0. The number of ether oxygens (including phenoxy) is 1. The van der Waals surface area contributed by atoms with Gasteiger partial charge in [0.2, 0.25) is 0 Å². The molecule has 0 bridgehead atoms. The zero-order chi connectivity index (χ0) is 19.6. The normalized spacial score (nSPS) is 11.0. The van der Waals surface area contributed by atoms with Gasteiger partial charge < -0.3 is 15.2 Å². The summed E-state index contributed by atoms with van der Waals surface area (Å²) in [6.45, 7) is -3.34. The van der Waals surface area contributed by atoms with Crippen molar-refractivity contribution in [2.45, 2.75) is 13.2 Å². The Morgan fingerprint density at radius 3 is 2.74 bits per heavy atom. The summed E-state index contributed by atoms with van der Waals surface area (Å²) in [5.41, 5.74) is 0.0230. The van der Waals surface area contributed by atoms with E-state index in [9.17, 15) is 27.9 Å². The van der Waals surface area contributed by atoms with Crippen LogP contribution in [0.3, 0.4) is 0 Å². The number of nitrogens with one attached hydrogen (secondary N) is 1. The van der Waals surface area contributed by atoms with Crippen molar-refractivity contribution in [1.29, 1.82) is 0 Å². The van der Waals surface area contributed by atoms with E-state index in [1.807, 2.05) is 0 Å². The molecule has 2 aromatic heterocycles. The first-order chi connectivity index (χ1) is 12.8. The molecule has 0 saturated heterocycles. The summed E-state index contributed by atoms with van der Waals surface area (Å²) >= 11 is 0. The van der Waals surface area contributed by atoms with Crippen LogP contribution in [0, 0.1) is 5.82 Å². The van der Waals surface area contributed by atoms with Gasteiger partial charge in [0.1, 0.15) is 5.69 Å². The van der Waals surface area contributed by atoms with Gasteiger partial charge in [0.25, 0.3) is 5.91 Å². The standard InChI is InChI=1S/C16H11F3N4O4/c17-9-2-1-8(5-12(9)27-16(18)19)7-20-14(24)10-6-11(15(25)26)23-13(22-10)3-4-21-23/h1-6,16H,7H2,(H,20,24)(H,25,26). The maximum atomic E-state index is 13.4. The van der Waals surface area contributed by atoms with Gasteiger partial charge in [0.05, 0.1) is 6.20 Å². The molecule has 27 heavy (non-hydrogen) atoms. The summed E-state index contributed by atoms with van der Waals surface area (Å²) in [7, 11) is 0. The number of alkyl halides is 2. The third-order valence-electron chi connectivity index (χ3n) is 3.48. The van der Waals surface area contributed by atoms with Gasteiger partial charge in [-0.05, 0) is 17.7 Å². The van der Waals surface area contributed by atoms with Gasteiger partial charge in [-0.1, -0.05) is 6.07 Å². The van der Waals surface area contributed by atoms with Crippen molar-refractivity contribution < 1.29 is 32.6 Å². The lowest BCUT2D eigenvalue weighted by Crippen LogP contribution is -2.25. The Morgan fingerprint density at radius 2 is 2.04 bits per heavy atom. The van der Waals surface area contributed by atoms with Crippen LogP contribution in [0.25, 0.3) is 5.65 Å². The Bertz CT molecular complexity index is 1020. The molecule has 0 unspecified atom stereocenters. The molecule has 1 aromatic carbocycles. The van der Waals surface area contributed by atoms with Crippen LogP contribution in [-0.4, -0.2) is 38.2 Å². The molecule has 2 heterocycles. The van der Waals surface area contributed by atoms with Crippen LogP contribution in [0.15, 0.2) is 36.5 Å². The van der Waals surface area contributed by atoms with Crippen LogP contribution in [0.2, 0.25) is 0 Å². The van der Waals surface area contributed by atoms with Gasteiger partial charge >= 0.3 is 12.6 Å². The minimum absolute atomic E-state index is 0.146. The topological polar surface area (TPSA) is 106 Å². The van der Waals surface area contributed by atoms with Crippen LogP contribution < -0.4 is 10.1 Å². The van der Waals surface area contributed by atoms with Gasteiger partial charge in [-0.25, -0.2) is 18.7 Å². The van der Waals surface area contributed by atoms with E-state index in [4.69, 9.17) is 0 Å². The van der Waals surface area contributed by atoms with E-state index in [-0.39, 0.29) is 23.6 Å². The fourth-order valence-corrected chi connectivity index (χ4v) is 2.30. The summed E-state index contributed by atoms with van der Waals surface area (Å²) in [4.78, 5) is 27.6. The quantitative estimate of drug-likeness (QED) is 0.678. The van der Waals surface area contributed by atoms with E-state index in [1.54, 1.807) is 0 Å². The van der Waals surface area contributed by atoms with Gasteiger partial charge in [-0.15, -0.1) is 0 Å². The van der Waals surface area contributed by atoms with Crippen LogP contribution in [0.4, 0.5) is 13.2 Å². The number of fused-ring (bicyclic) bond motifs is 1. The van der Waals surface area contributed by atoms with Gasteiger partial charge in [-0.2, -0.15) is 13.9 Å². The second-order valence-electron chi connectivity index (χ2n) is 5.26. The third-order valence-corrected chi connectivity index (χ3v) is 3.48. The van der Waals surface area contributed by atoms with E-state index in [1.165, 1.54) is 18.3 Å². The summed E-state index contributed by atoms with van der Waals surface area (Å²) in [6, 6.07) is 5.71. The van der Waals surface area contributed by atoms with Gasteiger partial charge in [-0.3, -0.25) is 4.79 Å². The first kappa shape index (κ1) is 18.2. The lowest BCUT2D eigenvalue weighted by molar-refractivity contribution is -0.0522. The Hall–Kier alpha value is -3.63. The molecule has 0 saturated carbocycles. The molecule has 0 spiro atoms. The Kier molecular flexibility index (Phi) is 4.92. The lowest BCUT2D eigenvalue weighted by Gasteiger charge is -2.09. The molecule has 0 aliphatic rings. The molecular weight excluding hydrogens is 369 g/mol. The number of carboxylic acids is 1. The van der Waals surface area contributed by atoms with Crippen LogP contribution in [0.5, 0.6) is 5.75 Å². The number of carbonyl (C=O) groups is 2. The van der Waals surface area contributed by atoms with E-state index >= 15 is 0 Å². The second-order valence-corrected chi connectivity index (χ2v) is 5.26. The van der Waals surface area contributed by atoms with Crippen molar-refractivity contribution in [3.8, 4) is 5.75 Å². The molecule has 0 aliphatic heterocycles. The molecule has 0 radical (unpaired) electrons. The molecule has 8 nitrogen and oxygen atoms in total. The molecule has 3 rings (SSSR count). The number of aromatic carboxylic acids is 1. The zero-order valence-corrected chi connectivity index (χ0v) is 13.4. The Labute approximate surface area is 149 Å². The minimum atomic E-state index is -3.19. The van der Waals surface area contributed by atoms with E-state index in [2.05, 4.69) is 20.1 Å². The van der Waals surface area contributed by atoms with E-state index in [0.717, 1.165) is 22.7 Å². The van der Waals surface area contributed by atoms with E-state index in [0.29, 0.717) is 5.56 Å². The van der Waals surface area contributed by atoms with Crippen LogP contribution in [0.1, 0.15) is 26.5 Å². The number of benzene rings is 1. The van der Waals surface area contributed by atoms with Crippen molar-refractivity contribution in [1.82, 2.24) is 19.9 Å². The van der Waals surface area contributed by atoms with Gasteiger partial charge in [0.15, 0.2) is 22.9 Å². The van der Waals surface area contributed by atoms with Crippen LogP contribution >= 0.6 is 0 Å². The maximum absolute atomic E-state index is 13.4. The molecule has 140 valence electrons. The second kappa shape index (κ2) is 7.32. The van der Waals surface area contributed by atoms with Crippen molar-refractivity contribution in [3.05, 3.63) is 59.3 Å². The average molecular weight is 380 g/mol. The average Bonchev–Trinajstić information content (AvgIpc) is 3.09. The molecule has 1 amide bonds. The monoisotopic (exact) mass is 380 g/mol. The number of rotatable bonds is 6. The van der Waals surface area contributed by atoms with E-state index < -0.39 is 30.1 Å². The van der Waals surface area contributed by atoms with Crippen LogP contribution in [-0.2, 0) is 6.54 Å². The van der Waals surface area contributed by atoms with Crippen molar-refractivity contribution >= 4 is 17.5 Å². The number of carbonyl (C=O) groups excluding carboxylic acids is 1. The SMILES string of the molecule is O=C(NCc1ccc(F)c(OC(F)F)c1)c1cc(C(=O)O)n2nccc2n1. The number of amides is 1. The number of halogens is 3. The Morgan fingerprint density at radius 1 is 1.26 bits per heavy atom. The zero-order valence-electron chi connectivity index (χ0n) is 13.4. The van der Waals surface area contributed by atoms with Crippen molar-refractivity contribution in [2.75, 3.05) is 0 Å². The largest absolute Gasteiger partial charge is 0.477 e. The molecule has 0 aliphatic carbocycles. The third kappa shape index (κ3) is 3.97. The maximum Gasteiger partial charge on any atom is 0.387 e. The number of hydrogen-bond acceptors (Lipinski definition) is 5.